The maximum Gasteiger partial charge on any atom is 0.225 e. The van der Waals surface area contributed by atoms with Crippen molar-refractivity contribution in [3.8, 4) is 0 Å². The number of nitrogens with zero attached hydrogens (tertiary/aromatic N) is 4. The van der Waals surface area contributed by atoms with Crippen LogP contribution in [0.15, 0.2) is 24.3 Å². The minimum atomic E-state index is 0.0329. The van der Waals surface area contributed by atoms with Crippen LogP contribution in [-0.2, 0) is 9.59 Å². The third-order valence-corrected chi connectivity index (χ3v) is 6.57. The Bertz CT molecular complexity index is 1020. The van der Waals surface area contributed by atoms with Gasteiger partial charge in [0.2, 0.25) is 17.8 Å². The van der Waals surface area contributed by atoms with Gasteiger partial charge in [0, 0.05) is 43.4 Å². The highest BCUT2D eigenvalue weighted by atomic mass is 16.2. The number of benzene rings is 1. The number of nitrogens with one attached hydrogen (secondary N) is 2. The quantitative estimate of drug-likeness (QED) is 0.762. The van der Waals surface area contributed by atoms with Crippen molar-refractivity contribution in [2.75, 3.05) is 23.7 Å². The zero-order chi connectivity index (χ0) is 20.2. The molecule has 1 aromatic carbocycles. The summed E-state index contributed by atoms with van der Waals surface area (Å²) in [5.74, 6) is 1.74. The second kappa shape index (κ2) is 6.82. The minimum absolute atomic E-state index is 0.0329. The lowest BCUT2D eigenvalue weighted by molar-refractivity contribution is -0.129. The average Bonchev–Trinajstić information content (AvgIpc) is 3.65. The summed E-state index contributed by atoms with van der Waals surface area (Å²) >= 11 is 0. The van der Waals surface area contributed by atoms with Gasteiger partial charge in [0.1, 0.15) is 5.82 Å². The van der Waals surface area contributed by atoms with Gasteiger partial charge in [-0.15, -0.1) is 0 Å². The fourth-order valence-electron chi connectivity index (χ4n) is 4.76. The van der Waals surface area contributed by atoms with Gasteiger partial charge < -0.3 is 20.4 Å². The first-order chi connectivity index (χ1) is 14.6. The van der Waals surface area contributed by atoms with E-state index in [1.54, 1.807) is 0 Å². The van der Waals surface area contributed by atoms with Crippen LogP contribution in [-0.4, -0.2) is 68.8 Å². The molecule has 6 rings (SSSR count). The summed E-state index contributed by atoms with van der Waals surface area (Å²) in [6.45, 7) is 1.45. The van der Waals surface area contributed by atoms with Gasteiger partial charge in [0.25, 0.3) is 0 Å². The van der Waals surface area contributed by atoms with Gasteiger partial charge >= 0.3 is 0 Å². The number of carbonyl (C=O) groups is 2. The molecule has 8 nitrogen and oxygen atoms in total. The summed E-state index contributed by atoms with van der Waals surface area (Å²) in [6.07, 6.45) is 5.49. The molecule has 2 aliphatic carbocycles. The molecule has 3 heterocycles. The number of hydrogen-bond donors (Lipinski definition) is 2. The lowest BCUT2D eigenvalue weighted by Gasteiger charge is -2.19. The number of amides is 2. The van der Waals surface area contributed by atoms with Crippen LogP contribution in [0.3, 0.4) is 0 Å². The van der Waals surface area contributed by atoms with Crippen molar-refractivity contribution < 1.29 is 9.59 Å². The molecule has 0 bridgehead atoms. The van der Waals surface area contributed by atoms with Crippen LogP contribution < -0.4 is 10.6 Å². The fraction of sp³-hybridized carbons (Fsp3) is 0.545. The zero-order valence-electron chi connectivity index (χ0n) is 16.9. The molecule has 1 aromatic heterocycles. The molecular weight excluding hydrogens is 380 g/mol. The fourth-order valence-corrected chi connectivity index (χ4v) is 4.76. The number of hydrogen-bond acceptors (Lipinski definition) is 6. The Kier molecular flexibility index (Phi) is 4.07. The van der Waals surface area contributed by atoms with Crippen LogP contribution in [0.1, 0.15) is 38.5 Å². The maximum absolute atomic E-state index is 12.3. The summed E-state index contributed by atoms with van der Waals surface area (Å²) < 4.78 is 0. The summed E-state index contributed by atoms with van der Waals surface area (Å²) in [6, 6.07) is 8.89. The van der Waals surface area contributed by atoms with E-state index < -0.39 is 0 Å². The van der Waals surface area contributed by atoms with Crippen LogP contribution in [0.4, 0.5) is 11.8 Å². The Balaban J connectivity index is 1.23. The first-order valence-corrected chi connectivity index (χ1v) is 11.0. The van der Waals surface area contributed by atoms with Crippen molar-refractivity contribution in [2.24, 2.45) is 0 Å². The van der Waals surface area contributed by atoms with Crippen molar-refractivity contribution in [3.05, 3.63) is 24.3 Å². The first-order valence-electron chi connectivity index (χ1n) is 11.0. The normalized spacial score (nSPS) is 26.7. The average molecular weight is 406 g/mol. The molecule has 2 saturated carbocycles. The van der Waals surface area contributed by atoms with Crippen LogP contribution in [0, 0.1) is 0 Å². The second-order valence-corrected chi connectivity index (χ2v) is 9.06. The van der Waals surface area contributed by atoms with Gasteiger partial charge in [0.15, 0.2) is 0 Å². The van der Waals surface area contributed by atoms with E-state index in [9.17, 15) is 9.59 Å². The van der Waals surface area contributed by atoms with E-state index in [1.165, 1.54) is 0 Å². The standard InChI is InChI=1S/C22H26N6O2/c29-19-9-13(11-27(19)15-5-6-15)23-21-17-3-1-2-4-18(17)25-22(26-21)24-14-10-20(30)28(12-14)16-7-8-16/h1-4,13-16H,5-12H2,(H2,23,24,25,26). The smallest absolute Gasteiger partial charge is 0.225 e. The molecule has 2 unspecified atom stereocenters. The molecule has 30 heavy (non-hydrogen) atoms. The van der Waals surface area contributed by atoms with E-state index in [4.69, 9.17) is 4.98 Å². The van der Waals surface area contributed by atoms with E-state index in [0.29, 0.717) is 30.9 Å². The van der Waals surface area contributed by atoms with Crippen molar-refractivity contribution in [3.63, 3.8) is 0 Å². The zero-order valence-corrected chi connectivity index (χ0v) is 16.9. The molecule has 2 amide bonds. The molecule has 2 aromatic rings. The van der Waals surface area contributed by atoms with Gasteiger partial charge in [-0.2, -0.15) is 4.98 Å². The number of anilines is 2. The highest BCUT2D eigenvalue weighted by molar-refractivity contribution is 5.91. The molecule has 156 valence electrons. The van der Waals surface area contributed by atoms with Gasteiger partial charge in [-0.1, -0.05) is 12.1 Å². The van der Waals surface area contributed by atoms with E-state index in [-0.39, 0.29) is 23.9 Å². The molecule has 0 spiro atoms. The molecule has 4 aliphatic rings. The molecule has 2 aliphatic heterocycles. The predicted molar refractivity (Wildman–Crippen MR) is 113 cm³/mol. The Morgan fingerprint density at radius 3 is 2.03 bits per heavy atom. The lowest BCUT2D eigenvalue weighted by atomic mass is 10.2. The molecule has 2 saturated heterocycles. The van der Waals surface area contributed by atoms with Crippen molar-refractivity contribution in [2.45, 2.75) is 62.7 Å². The topological polar surface area (TPSA) is 90.5 Å². The van der Waals surface area contributed by atoms with Gasteiger partial charge in [-0.3, -0.25) is 9.59 Å². The Morgan fingerprint density at radius 2 is 1.40 bits per heavy atom. The number of rotatable bonds is 6. The number of aromatic nitrogens is 2. The third-order valence-electron chi connectivity index (χ3n) is 6.57. The van der Waals surface area contributed by atoms with E-state index in [2.05, 4.69) is 15.6 Å². The van der Waals surface area contributed by atoms with Crippen molar-refractivity contribution >= 4 is 34.5 Å². The molecule has 8 heteroatoms. The minimum Gasteiger partial charge on any atom is -0.364 e. The summed E-state index contributed by atoms with van der Waals surface area (Å²) in [7, 11) is 0. The Hall–Kier alpha value is -2.90. The number of para-hydroxylation sites is 1. The van der Waals surface area contributed by atoms with Gasteiger partial charge in [-0.05, 0) is 37.8 Å². The van der Waals surface area contributed by atoms with Crippen LogP contribution in [0.2, 0.25) is 0 Å². The van der Waals surface area contributed by atoms with Crippen LogP contribution in [0.5, 0.6) is 0 Å². The SMILES string of the molecule is O=C1CC(Nc2nc(NC3CC(=O)N(C4CC4)C3)c3ccccc3n2)CN1C1CC1. The highest BCUT2D eigenvalue weighted by Crippen LogP contribution is 2.33. The number of fused-ring (bicyclic) bond motifs is 1. The van der Waals surface area contributed by atoms with Gasteiger partial charge in [-0.25, -0.2) is 4.98 Å². The first kappa shape index (κ1) is 17.9. The largest absolute Gasteiger partial charge is 0.364 e. The molecule has 2 N–H and O–H groups in total. The Labute approximate surface area is 175 Å². The van der Waals surface area contributed by atoms with Crippen molar-refractivity contribution in [1.29, 1.82) is 0 Å². The van der Waals surface area contributed by atoms with Crippen LogP contribution >= 0.6 is 0 Å². The highest BCUT2D eigenvalue weighted by Gasteiger charge is 2.40. The van der Waals surface area contributed by atoms with E-state index in [1.807, 2.05) is 34.1 Å². The van der Waals surface area contributed by atoms with Crippen molar-refractivity contribution in [1.82, 2.24) is 19.8 Å². The predicted octanol–water partition coefficient (Wildman–Crippen LogP) is 1.98. The Morgan fingerprint density at radius 1 is 0.800 bits per heavy atom. The third kappa shape index (κ3) is 3.34. The summed E-state index contributed by atoms with van der Waals surface area (Å²) in [4.78, 5) is 38.1. The lowest BCUT2D eigenvalue weighted by Crippen LogP contribution is -2.30. The van der Waals surface area contributed by atoms with Gasteiger partial charge in [0.05, 0.1) is 17.6 Å². The summed E-state index contributed by atoms with van der Waals surface area (Å²) in [5, 5.41) is 7.84. The molecule has 4 fully saturated rings. The van der Waals surface area contributed by atoms with E-state index in [0.717, 1.165) is 55.5 Å². The molecular formula is C22H26N6O2. The van der Waals surface area contributed by atoms with Crippen LogP contribution in [0.25, 0.3) is 10.9 Å². The number of carbonyl (C=O) groups excluding carboxylic acids is 2. The van der Waals surface area contributed by atoms with E-state index >= 15 is 0 Å². The molecule has 0 radical (unpaired) electrons. The molecule has 2 atom stereocenters. The maximum atomic E-state index is 12.3. The summed E-state index contributed by atoms with van der Waals surface area (Å²) in [5.41, 5.74) is 0.851. The monoisotopic (exact) mass is 406 g/mol. The number of likely N-dealkylation sites (tertiary alicyclic amines) is 2. The second-order valence-electron chi connectivity index (χ2n) is 9.06.